The minimum Gasteiger partial charge on any atom is -0.481 e. The van der Waals surface area contributed by atoms with Crippen LogP contribution in [0.2, 0.25) is 0 Å². The van der Waals surface area contributed by atoms with E-state index in [0.29, 0.717) is 5.92 Å². The summed E-state index contributed by atoms with van der Waals surface area (Å²) in [6.45, 7) is 0. The topological polar surface area (TPSA) is 39.4 Å². The Morgan fingerprint density at radius 3 is 2.79 bits per heavy atom. The van der Waals surface area contributed by atoms with Gasteiger partial charge in [-0.05, 0) is 48.1 Å². The molecular weight excluding hydrogens is 298 g/mol. The van der Waals surface area contributed by atoms with E-state index in [2.05, 4.69) is 35.3 Å². The first kappa shape index (κ1) is 13.5. The van der Waals surface area contributed by atoms with Crippen LogP contribution in [-0.2, 0) is 0 Å². The second-order valence-corrected chi connectivity index (χ2v) is 6.37. The van der Waals surface area contributed by atoms with Gasteiger partial charge in [0, 0.05) is 35.3 Å². The molecular formula is C20H17N3O. The number of nitrogens with zero attached hydrogens (tertiary/aromatic N) is 3. The van der Waals surface area contributed by atoms with Gasteiger partial charge in [-0.15, -0.1) is 0 Å². The van der Waals surface area contributed by atoms with Gasteiger partial charge in [0.25, 0.3) is 0 Å². The maximum absolute atomic E-state index is 5.49. The Morgan fingerprint density at radius 2 is 1.96 bits per heavy atom. The first-order valence-electron chi connectivity index (χ1n) is 8.24. The maximum atomic E-state index is 5.49. The molecule has 0 unspecified atom stereocenters. The zero-order chi connectivity index (χ0) is 16.1. The van der Waals surface area contributed by atoms with Crippen LogP contribution < -0.4 is 4.74 Å². The quantitative estimate of drug-likeness (QED) is 0.561. The third kappa shape index (κ3) is 2.07. The molecule has 1 aliphatic carbocycles. The molecule has 4 aromatic rings. The third-order valence-corrected chi connectivity index (χ3v) is 4.76. The molecule has 0 radical (unpaired) electrons. The van der Waals surface area contributed by atoms with E-state index in [-0.39, 0.29) is 0 Å². The second kappa shape index (κ2) is 5.06. The van der Waals surface area contributed by atoms with E-state index >= 15 is 0 Å². The molecule has 4 nitrogen and oxygen atoms in total. The van der Waals surface area contributed by atoms with Crippen LogP contribution in [0.3, 0.4) is 0 Å². The minimum absolute atomic E-state index is 0.616. The molecule has 1 fully saturated rings. The third-order valence-electron chi connectivity index (χ3n) is 4.76. The highest BCUT2D eigenvalue weighted by Gasteiger charge is 2.27. The summed E-state index contributed by atoms with van der Waals surface area (Å²) in [5, 5.41) is 7.12. The summed E-state index contributed by atoms with van der Waals surface area (Å²) in [5.74, 6) is 1.38. The van der Waals surface area contributed by atoms with Crippen molar-refractivity contribution in [2.45, 2.75) is 18.8 Å². The molecule has 3 aromatic heterocycles. The lowest BCUT2D eigenvalue weighted by molar-refractivity contribution is 0.385. The Morgan fingerprint density at radius 1 is 1.04 bits per heavy atom. The molecule has 24 heavy (non-hydrogen) atoms. The van der Waals surface area contributed by atoms with Gasteiger partial charge in [-0.1, -0.05) is 12.1 Å². The van der Waals surface area contributed by atoms with Crippen molar-refractivity contribution in [3.05, 3.63) is 60.6 Å². The predicted octanol–water partition coefficient (Wildman–Crippen LogP) is 4.44. The number of aromatic nitrogens is 3. The highest BCUT2D eigenvalue weighted by atomic mass is 16.5. The SMILES string of the molecule is COc1ccc(-c2ccc3cnccc3c2)c2cc(C3CC3)nn12. The van der Waals surface area contributed by atoms with E-state index in [9.17, 15) is 0 Å². The van der Waals surface area contributed by atoms with E-state index in [1.165, 1.54) is 35.0 Å². The summed E-state index contributed by atoms with van der Waals surface area (Å²) in [6, 6.07) is 14.9. The van der Waals surface area contributed by atoms with Gasteiger partial charge in [0.1, 0.15) is 0 Å². The lowest BCUT2D eigenvalue weighted by Gasteiger charge is -2.09. The van der Waals surface area contributed by atoms with Gasteiger partial charge in [0.15, 0.2) is 0 Å². The summed E-state index contributed by atoms with van der Waals surface area (Å²) in [5.41, 5.74) is 4.63. The van der Waals surface area contributed by atoms with Crippen molar-refractivity contribution in [1.29, 1.82) is 0 Å². The fourth-order valence-electron chi connectivity index (χ4n) is 3.30. The zero-order valence-electron chi connectivity index (χ0n) is 13.4. The standard InChI is InChI=1S/C20H17N3O/c1-24-20-7-6-17(19-11-18(13-2-3-13)22-23(19)20)15-4-5-16-12-21-9-8-14(16)10-15/h4-13H,2-3H2,1H3. The Bertz CT molecular complexity index is 1060. The van der Waals surface area contributed by atoms with Gasteiger partial charge in [0.05, 0.1) is 18.3 Å². The molecule has 0 bridgehead atoms. The van der Waals surface area contributed by atoms with Gasteiger partial charge in [-0.25, -0.2) is 4.52 Å². The second-order valence-electron chi connectivity index (χ2n) is 6.37. The van der Waals surface area contributed by atoms with Crippen LogP contribution in [0.5, 0.6) is 5.88 Å². The van der Waals surface area contributed by atoms with Crippen molar-refractivity contribution in [2.24, 2.45) is 0 Å². The summed E-state index contributed by atoms with van der Waals surface area (Å²) in [7, 11) is 1.69. The molecule has 4 heteroatoms. The molecule has 3 heterocycles. The van der Waals surface area contributed by atoms with Crippen LogP contribution in [0.1, 0.15) is 24.5 Å². The molecule has 1 aliphatic rings. The Hall–Kier alpha value is -2.88. The fraction of sp³-hybridized carbons (Fsp3) is 0.200. The van der Waals surface area contributed by atoms with E-state index < -0.39 is 0 Å². The molecule has 0 saturated heterocycles. The molecule has 0 atom stereocenters. The molecule has 1 aromatic carbocycles. The van der Waals surface area contributed by atoms with E-state index in [1.807, 2.05) is 29.0 Å². The lowest BCUT2D eigenvalue weighted by Crippen LogP contribution is -1.97. The molecule has 0 N–H and O–H groups in total. The van der Waals surface area contributed by atoms with Gasteiger partial charge in [0.2, 0.25) is 5.88 Å². The van der Waals surface area contributed by atoms with Crippen LogP contribution >= 0.6 is 0 Å². The molecule has 0 amide bonds. The predicted molar refractivity (Wildman–Crippen MR) is 94.5 cm³/mol. The van der Waals surface area contributed by atoms with Crippen LogP contribution in [0.15, 0.2) is 54.9 Å². The van der Waals surface area contributed by atoms with Gasteiger partial charge in [-0.3, -0.25) is 4.98 Å². The summed E-state index contributed by atoms with van der Waals surface area (Å²) >= 11 is 0. The molecule has 1 saturated carbocycles. The number of hydrogen-bond donors (Lipinski definition) is 0. The van der Waals surface area contributed by atoms with Crippen molar-refractivity contribution >= 4 is 16.3 Å². The number of benzene rings is 1. The van der Waals surface area contributed by atoms with Gasteiger partial charge in [-0.2, -0.15) is 5.10 Å². The number of pyridine rings is 2. The van der Waals surface area contributed by atoms with E-state index in [1.54, 1.807) is 7.11 Å². The van der Waals surface area contributed by atoms with Crippen LogP contribution in [-0.4, -0.2) is 21.7 Å². The Kier molecular flexibility index (Phi) is 2.86. The molecule has 0 spiro atoms. The van der Waals surface area contributed by atoms with Crippen molar-refractivity contribution in [1.82, 2.24) is 14.6 Å². The highest BCUT2D eigenvalue weighted by Crippen LogP contribution is 2.41. The Labute approximate surface area is 139 Å². The monoisotopic (exact) mass is 315 g/mol. The van der Waals surface area contributed by atoms with E-state index in [0.717, 1.165) is 16.8 Å². The van der Waals surface area contributed by atoms with Crippen molar-refractivity contribution in [3.63, 3.8) is 0 Å². The number of methoxy groups -OCH3 is 1. The smallest absolute Gasteiger partial charge is 0.214 e. The maximum Gasteiger partial charge on any atom is 0.214 e. The first-order valence-corrected chi connectivity index (χ1v) is 8.24. The van der Waals surface area contributed by atoms with Crippen LogP contribution in [0.4, 0.5) is 0 Å². The summed E-state index contributed by atoms with van der Waals surface area (Å²) in [4.78, 5) is 4.19. The number of hydrogen-bond acceptors (Lipinski definition) is 3. The van der Waals surface area contributed by atoms with Crippen LogP contribution in [0, 0.1) is 0 Å². The van der Waals surface area contributed by atoms with E-state index in [4.69, 9.17) is 9.84 Å². The van der Waals surface area contributed by atoms with Crippen molar-refractivity contribution < 1.29 is 4.74 Å². The average molecular weight is 315 g/mol. The number of rotatable bonds is 3. The van der Waals surface area contributed by atoms with Crippen molar-refractivity contribution in [2.75, 3.05) is 7.11 Å². The average Bonchev–Trinajstić information content (AvgIpc) is 3.39. The molecule has 5 rings (SSSR count). The van der Waals surface area contributed by atoms with Gasteiger partial charge >= 0.3 is 0 Å². The molecule has 0 aliphatic heterocycles. The number of fused-ring (bicyclic) bond motifs is 2. The molecule has 118 valence electrons. The minimum atomic E-state index is 0.616. The zero-order valence-corrected chi connectivity index (χ0v) is 13.4. The Balaban J connectivity index is 1.75. The number of ether oxygens (including phenoxy) is 1. The first-order chi connectivity index (χ1) is 11.8. The van der Waals surface area contributed by atoms with Crippen LogP contribution in [0.25, 0.3) is 27.4 Å². The normalized spacial score (nSPS) is 14.4. The van der Waals surface area contributed by atoms with Crippen molar-refractivity contribution in [3.8, 4) is 17.0 Å². The highest BCUT2D eigenvalue weighted by molar-refractivity contribution is 5.90. The summed E-state index contributed by atoms with van der Waals surface area (Å²) < 4.78 is 7.42. The lowest BCUT2D eigenvalue weighted by atomic mass is 10.0. The van der Waals surface area contributed by atoms with Gasteiger partial charge < -0.3 is 4.74 Å². The fourth-order valence-corrected chi connectivity index (χ4v) is 3.30. The summed E-state index contributed by atoms with van der Waals surface area (Å²) in [6.07, 6.45) is 6.21. The largest absolute Gasteiger partial charge is 0.481 e.